The Bertz CT molecular complexity index is 342. The molecule has 0 bridgehead atoms. The molecule has 1 unspecified atom stereocenters. The van der Waals surface area contributed by atoms with Crippen LogP contribution in [0.2, 0.25) is 0 Å². The lowest BCUT2D eigenvalue weighted by Gasteiger charge is -2.24. The van der Waals surface area contributed by atoms with Gasteiger partial charge in [-0.3, -0.25) is 4.79 Å². The van der Waals surface area contributed by atoms with Crippen LogP contribution in [-0.2, 0) is 6.54 Å². The van der Waals surface area contributed by atoms with Crippen LogP contribution in [-0.4, -0.2) is 17.1 Å². The average Bonchev–Trinajstić information content (AvgIpc) is 2.51. The van der Waals surface area contributed by atoms with Crippen LogP contribution in [0.1, 0.15) is 32.4 Å². The van der Waals surface area contributed by atoms with Gasteiger partial charge in [-0.05, 0) is 13.3 Å². The van der Waals surface area contributed by atoms with E-state index in [0.717, 1.165) is 25.1 Å². The number of thiazole rings is 1. The molecule has 0 amide bonds. The normalized spacial score (nSPS) is 15.1. The second-order valence-corrected chi connectivity index (χ2v) is 5.02. The molecule has 0 aromatic carbocycles. The Balaban J connectivity index is 2.30. The monoisotopic (exact) mass is 229 g/mol. The van der Waals surface area contributed by atoms with Crippen LogP contribution in [0, 0.1) is 0 Å². The molecule has 1 aromatic rings. The number of nitrogens with one attached hydrogen (secondary N) is 2. The second-order valence-electron chi connectivity index (χ2n) is 4.18. The third kappa shape index (κ3) is 4.59. The number of H-pyrrole nitrogens is 1. The summed E-state index contributed by atoms with van der Waals surface area (Å²) >= 11 is 1.19. The van der Waals surface area contributed by atoms with E-state index in [9.17, 15) is 4.79 Å². The molecular formula is C10H19N3OS. The van der Waals surface area contributed by atoms with E-state index in [4.69, 9.17) is 5.73 Å². The first-order valence-corrected chi connectivity index (χ1v) is 6.08. The Kier molecular flexibility index (Phi) is 4.50. The Hall–Kier alpha value is -0.650. The molecule has 0 spiro atoms. The van der Waals surface area contributed by atoms with Crippen LogP contribution < -0.4 is 15.9 Å². The van der Waals surface area contributed by atoms with Crippen LogP contribution in [0.5, 0.6) is 0 Å². The van der Waals surface area contributed by atoms with Gasteiger partial charge in [0.1, 0.15) is 0 Å². The smallest absolute Gasteiger partial charge is 0.304 e. The van der Waals surface area contributed by atoms with Crippen molar-refractivity contribution in [3.05, 3.63) is 20.7 Å². The third-order valence-corrected chi connectivity index (χ3v) is 2.95. The van der Waals surface area contributed by atoms with Gasteiger partial charge < -0.3 is 16.0 Å². The Morgan fingerprint density at radius 3 is 2.93 bits per heavy atom. The molecule has 86 valence electrons. The van der Waals surface area contributed by atoms with Crippen molar-refractivity contribution >= 4 is 11.3 Å². The Labute approximate surface area is 93.9 Å². The zero-order valence-electron chi connectivity index (χ0n) is 9.30. The van der Waals surface area contributed by atoms with Crippen molar-refractivity contribution in [2.24, 2.45) is 5.73 Å². The van der Waals surface area contributed by atoms with Gasteiger partial charge in [0.2, 0.25) is 0 Å². The SMILES string of the molecule is CCCC(C)(N)CNCc1csc(=O)[nH]1. The van der Waals surface area contributed by atoms with Gasteiger partial charge >= 0.3 is 4.87 Å². The summed E-state index contributed by atoms with van der Waals surface area (Å²) in [7, 11) is 0. The molecule has 0 saturated heterocycles. The molecule has 0 radical (unpaired) electrons. The summed E-state index contributed by atoms with van der Waals surface area (Å²) in [6.45, 7) is 5.61. The molecule has 4 nitrogen and oxygen atoms in total. The number of hydrogen-bond donors (Lipinski definition) is 3. The highest BCUT2D eigenvalue weighted by Gasteiger charge is 2.16. The lowest BCUT2D eigenvalue weighted by atomic mass is 9.98. The number of rotatable bonds is 6. The molecular weight excluding hydrogens is 210 g/mol. The summed E-state index contributed by atoms with van der Waals surface area (Å²) in [6.07, 6.45) is 2.09. The largest absolute Gasteiger partial charge is 0.324 e. The van der Waals surface area contributed by atoms with Crippen molar-refractivity contribution in [2.45, 2.75) is 38.8 Å². The quantitative estimate of drug-likeness (QED) is 0.682. The summed E-state index contributed by atoms with van der Waals surface area (Å²) in [6, 6.07) is 0. The molecule has 4 N–H and O–H groups in total. The Morgan fingerprint density at radius 1 is 1.67 bits per heavy atom. The lowest BCUT2D eigenvalue weighted by molar-refractivity contribution is 0.395. The van der Waals surface area contributed by atoms with Gasteiger partial charge in [0.25, 0.3) is 0 Å². The van der Waals surface area contributed by atoms with Gasteiger partial charge in [0.05, 0.1) is 0 Å². The van der Waals surface area contributed by atoms with Gasteiger partial charge in [-0.1, -0.05) is 24.7 Å². The predicted octanol–water partition coefficient (Wildman–Crippen LogP) is 1.04. The van der Waals surface area contributed by atoms with Crippen molar-refractivity contribution in [3.8, 4) is 0 Å². The van der Waals surface area contributed by atoms with Crippen molar-refractivity contribution in [1.29, 1.82) is 0 Å². The zero-order chi connectivity index (χ0) is 11.3. The van der Waals surface area contributed by atoms with Gasteiger partial charge in [0, 0.05) is 29.7 Å². The second kappa shape index (κ2) is 5.44. The maximum Gasteiger partial charge on any atom is 0.304 e. The number of aromatic nitrogens is 1. The molecule has 0 saturated carbocycles. The van der Waals surface area contributed by atoms with Gasteiger partial charge in [-0.2, -0.15) is 0 Å². The standard InChI is InChI=1S/C10H19N3OS/c1-3-4-10(2,11)7-12-5-8-6-15-9(14)13-8/h6,12H,3-5,7,11H2,1-2H3,(H,13,14). The fraction of sp³-hybridized carbons (Fsp3) is 0.700. The first kappa shape index (κ1) is 12.4. The highest BCUT2D eigenvalue weighted by Crippen LogP contribution is 2.06. The van der Waals surface area contributed by atoms with Gasteiger partial charge in [-0.15, -0.1) is 0 Å². The van der Waals surface area contributed by atoms with E-state index in [2.05, 4.69) is 17.2 Å². The van der Waals surface area contributed by atoms with E-state index in [1.807, 2.05) is 12.3 Å². The van der Waals surface area contributed by atoms with Crippen LogP contribution in [0.25, 0.3) is 0 Å². The van der Waals surface area contributed by atoms with Gasteiger partial charge in [0.15, 0.2) is 0 Å². The fourth-order valence-corrected chi connectivity index (χ4v) is 2.12. The number of hydrogen-bond acceptors (Lipinski definition) is 4. The van der Waals surface area contributed by atoms with Crippen LogP contribution in [0.4, 0.5) is 0 Å². The highest BCUT2D eigenvalue weighted by atomic mass is 32.1. The summed E-state index contributed by atoms with van der Waals surface area (Å²) in [5.74, 6) is 0. The maximum absolute atomic E-state index is 10.9. The van der Waals surface area contributed by atoms with Crippen LogP contribution in [0.3, 0.4) is 0 Å². The molecule has 1 rings (SSSR count). The topological polar surface area (TPSA) is 70.9 Å². The van der Waals surface area contributed by atoms with E-state index in [1.165, 1.54) is 11.3 Å². The molecule has 0 fully saturated rings. The van der Waals surface area contributed by atoms with Crippen LogP contribution >= 0.6 is 11.3 Å². The van der Waals surface area contributed by atoms with E-state index >= 15 is 0 Å². The minimum atomic E-state index is -0.162. The highest BCUT2D eigenvalue weighted by molar-refractivity contribution is 7.07. The average molecular weight is 229 g/mol. The van der Waals surface area contributed by atoms with Crippen LogP contribution in [0.15, 0.2) is 10.2 Å². The van der Waals surface area contributed by atoms with Crippen molar-refractivity contribution < 1.29 is 0 Å². The Morgan fingerprint density at radius 2 is 2.40 bits per heavy atom. The summed E-state index contributed by atoms with van der Waals surface area (Å²) in [5, 5.41) is 5.09. The summed E-state index contributed by atoms with van der Waals surface area (Å²) < 4.78 is 0. The molecule has 0 aliphatic carbocycles. The first-order chi connectivity index (χ1) is 7.03. The zero-order valence-corrected chi connectivity index (χ0v) is 10.1. The molecule has 0 aliphatic rings. The summed E-state index contributed by atoms with van der Waals surface area (Å²) in [4.78, 5) is 13.6. The first-order valence-electron chi connectivity index (χ1n) is 5.20. The molecule has 1 aromatic heterocycles. The van der Waals surface area contributed by atoms with Crippen molar-refractivity contribution in [1.82, 2.24) is 10.3 Å². The van der Waals surface area contributed by atoms with E-state index in [0.29, 0.717) is 6.54 Å². The molecule has 1 atom stereocenters. The van der Waals surface area contributed by atoms with E-state index in [1.54, 1.807) is 0 Å². The molecule has 0 aliphatic heterocycles. The molecule has 5 heteroatoms. The predicted molar refractivity (Wildman–Crippen MR) is 64.1 cm³/mol. The number of nitrogens with two attached hydrogens (primary N) is 1. The van der Waals surface area contributed by atoms with E-state index in [-0.39, 0.29) is 10.4 Å². The van der Waals surface area contributed by atoms with Gasteiger partial charge in [-0.25, -0.2) is 0 Å². The maximum atomic E-state index is 10.9. The minimum Gasteiger partial charge on any atom is -0.324 e. The fourth-order valence-electron chi connectivity index (χ4n) is 1.54. The van der Waals surface area contributed by atoms with Crippen molar-refractivity contribution in [3.63, 3.8) is 0 Å². The minimum absolute atomic E-state index is 0.00383. The summed E-state index contributed by atoms with van der Waals surface area (Å²) in [5.41, 5.74) is 6.83. The molecule has 1 heterocycles. The molecule has 15 heavy (non-hydrogen) atoms. The van der Waals surface area contributed by atoms with E-state index < -0.39 is 0 Å². The van der Waals surface area contributed by atoms with Crippen molar-refractivity contribution in [2.75, 3.05) is 6.54 Å². The number of aromatic amines is 1. The third-order valence-electron chi connectivity index (χ3n) is 2.24. The lowest BCUT2D eigenvalue weighted by Crippen LogP contribution is -2.45.